The van der Waals surface area contributed by atoms with E-state index in [1.54, 1.807) is 0 Å². The van der Waals surface area contributed by atoms with Gasteiger partial charge >= 0.3 is 0 Å². The molecule has 0 atom stereocenters. The van der Waals surface area contributed by atoms with Gasteiger partial charge in [0.25, 0.3) is 0 Å². The number of hydrogen-bond acceptors (Lipinski definition) is 3. The van der Waals surface area contributed by atoms with E-state index in [0.717, 1.165) is 34.9 Å². The van der Waals surface area contributed by atoms with Gasteiger partial charge in [0.15, 0.2) is 5.11 Å². The van der Waals surface area contributed by atoms with Gasteiger partial charge in [0.1, 0.15) is 0 Å². The van der Waals surface area contributed by atoms with Crippen LogP contribution >= 0.6 is 12.2 Å². The van der Waals surface area contributed by atoms with Crippen LogP contribution in [0.2, 0.25) is 0 Å². The molecule has 2 N–H and O–H groups in total. The van der Waals surface area contributed by atoms with E-state index in [9.17, 15) is 0 Å². The molecule has 27 heavy (non-hydrogen) atoms. The summed E-state index contributed by atoms with van der Waals surface area (Å²) in [5.41, 5.74) is 7.70. The molecule has 0 radical (unpaired) electrons. The highest BCUT2D eigenvalue weighted by atomic mass is 32.1. The molecular weight excluding hydrogens is 356 g/mol. The Kier molecular flexibility index (Phi) is 5.60. The number of thiocarbonyl (C=S) groups is 1. The van der Waals surface area contributed by atoms with E-state index in [1.165, 1.54) is 11.1 Å². The lowest BCUT2D eigenvalue weighted by Crippen LogP contribution is -2.28. The fourth-order valence-corrected chi connectivity index (χ4v) is 3.12. The van der Waals surface area contributed by atoms with Gasteiger partial charge in [0.05, 0.1) is 29.8 Å². The molecule has 0 bridgehead atoms. The van der Waals surface area contributed by atoms with Gasteiger partial charge in [-0.3, -0.25) is 9.36 Å². The van der Waals surface area contributed by atoms with Gasteiger partial charge in [-0.2, -0.15) is 10.2 Å². The number of aromatic nitrogens is 4. The van der Waals surface area contributed by atoms with Crippen molar-refractivity contribution in [2.45, 2.75) is 40.8 Å². The Morgan fingerprint density at radius 2 is 1.78 bits per heavy atom. The maximum atomic E-state index is 5.47. The molecule has 0 aliphatic rings. The van der Waals surface area contributed by atoms with Crippen molar-refractivity contribution >= 4 is 23.0 Å². The number of anilines is 1. The molecule has 0 fully saturated rings. The Hall–Kier alpha value is -2.67. The highest BCUT2D eigenvalue weighted by Crippen LogP contribution is 2.20. The molecule has 0 aliphatic heterocycles. The molecule has 3 rings (SSSR count). The van der Waals surface area contributed by atoms with Crippen LogP contribution in [0.15, 0.2) is 30.5 Å². The summed E-state index contributed by atoms with van der Waals surface area (Å²) in [4.78, 5) is 0. The fourth-order valence-electron chi connectivity index (χ4n) is 2.95. The van der Waals surface area contributed by atoms with Crippen molar-refractivity contribution in [3.8, 4) is 0 Å². The van der Waals surface area contributed by atoms with Crippen molar-refractivity contribution < 1.29 is 0 Å². The van der Waals surface area contributed by atoms with Crippen molar-refractivity contribution in [2.24, 2.45) is 7.05 Å². The number of rotatable bonds is 5. The SMILES string of the molecule is Cc1ccc(Cn2nc(C)c(NC(=S)NCc3cnn(C)c3C)c2C)cc1. The maximum Gasteiger partial charge on any atom is 0.171 e. The summed E-state index contributed by atoms with van der Waals surface area (Å²) in [5, 5.41) is 16.1. The van der Waals surface area contributed by atoms with Gasteiger partial charge < -0.3 is 10.6 Å². The summed E-state index contributed by atoms with van der Waals surface area (Å²) in [6.07, 6.45) is 1.86. The highest BCUT2D eigenvalue weighted by Gasteiger charge is 2.13. The van der Waals surface area contributed by atoms with Gasteiger partial charge in [-0.1, -0.05) is 29.8 Å². The predicted molar refractivity (Wildman–Crippen MR) is 113 cm³/mol. The first-order chi connectivity index (χ1) is 12.8. The van der Waals surface area contributed by atoms with Crippen LogP contribution in [0.5, 0.6) is 0 Å². The van der Waals surface area contributed by atoms with Crippen LogP contribution in [0, 0.1) is 27.7 Å². The summed E-state index contributed by atoms with van der Waals surface area (Å²) in [7, 11) is 1.94. The molecule has 7 heteroatoms. The van der Waals surface area contributed by atoms with Gasteiger partial charge in [-0.25, -0.2) is 0 Å². The topological polar surface area (TPSA) is 59.7 Å². The standard InChI is InChI=1S/C20H26N6S/c1-13-6-8-17(9-7-13)12-26-16(4)19(14(2)24-26)23-20(27)21-10-18-11-22-25(5)15(18)3/h6-9,11H,10,12H2,1-5H3,(H2,21,23,27). The van der Waals surface area contributed by atoms with Gasteiger partial charge in [-0.05, 0) is 45.5 Å². The lowest BCUT2D eigenvalue weighted by atomic mass is 10.1. The maximum absolute atomic E-state index is 5.47. The molecule has 0 spiro atoms. The monoisotopic (exact) mass is 382 g/mol. The molecule has 0 saturated carbocycles. The van der Waals surface area contributed by atoms with Crippen LogP contribution in [-0.2, 0) is 20.1 Å². The second kappa shape index (κ2) is 7.92. The zero-order valence-corrected chi connectivity index (χ0v) is 17.3. The lowest BCUT2D eigenvalue weighted by Gasteiger charge is -2.11. The van der Waals surface area contributed by atoms with Crippen LogP contribution < -0.4 is 10.6 Å². The number of aryl methyl sites for hydroxylation is 3. The van der Waals surface area contributed by atoms with Crippen LogP contribution in [-0.4, -0.2) is 24.7 Å². The van der Waals surface area contributed by atoms with E-state index in [4.69, 9.17) is 12.2 Å². The van der Waals surface area contributed by atoms with E-state index >= 15 is 0 Å². The molecule has 0 saturated heterocycles. The van der Waals surface area contributed by atoms with E-state index in [2.05, 4.69) is 58.9 Å². The predicted octanol–water partition coefficient (Wildman–Crippen LogP) is 3.39. The first-order valence-electron chi connectivity index (χ1n) is 8.97. The third kappa shape index (κ3) is 4.36. The zero-order chi connectivity index (χ0) is 19.6. The Labute approximate surface area is 165 Å². The molecule has 0 amide bonds. The minimum Gasteiger partial charge on any atom is -0.358 e. The van der Waals surface area contributed by atoms with Crippen LogP contribution in [0.3, 0.4) is 0 Å². The lowest BCUT2D eigenvalue weighted by molar-refractivity contribution is 0.659. The second-order valence-electron chi connectivity index (χ2n) is 6.88. The summed E-state index contributed by atoms with van der Waals surface area (Å²) in [5.74, 6) is 0. The molecule has 0 unspecified atom stereocenters. The van der Waals surface area contributed by atoms with Crippen molar-refractivity contribution in [1.29, 1.82) is 0 Å². The van der Waals surface area contributed by atoms with Crippen molar-refractivity contribution in [3.63, 3.8) is 0 Å². The molecule has 2 aromatic heterocycles. The quantitative estimate of drug-likeness (QED) is 0.663. The fraction of sp³-hybridized carbons (Fsp3) is 0.350. The number of nitrogens with one attached hydrogen (secondary N) is 2. The number of nitrogens with zero attached hydrogens (tertiary/aromatic N) is 4. The third-order valence-electron chi connectivity index (χ3n) is 4.85. The molecule has 0 aliphatic carbocycles. The minimum absolute atomic E-state index is 0.583. The largest absolute Gasteiger partial charge is 0.358 e. The van der Waals surface area contributed by atoms with Crippen molar-refractivity contribution in [2.75, 3.05) is 5.32 Å². The van der Waals surface area contributed by atoms with Gasteiger partial charge in [-0.15, -0.1) is 0 Å². The number of hydrogen-bond donors (Lipinski definition) is 2. The zero-order valence-electron chi connectivity index (χ0n) is 16.5. The van der Waals surface area contributed by atoms with Crippen LogP contribution in [0.1, 0.15) is 33.8 Å². The Bertz CT molecular complexity index is 952. The van der Waals surface area contributed by atoms with Gasteiger partial charge in [0.2, 0.25) is 0 Å². The summed E-state index contributed by atoms with van der Waals surface area (Å²) in [6.45, 7) is 9.57. The van der Waals surface area contributed by atoms with E-state index in [0.29, 0.717) is 11.7 Å². The molecule has 6 nitrogen and oxygen atoms in total. The smallest absolute Gasteiger partial charge is 0.171 e. The first-order valence-corrected chi connectivity index (χ1v) is 9.38. The van der Waals surface area contributed by atoms with Crippen LogP contribution in [0.4, 0.5) is 5.69 Å². The molecular formula is C20H26N6S. The molecule has 142 valence electrons. The van der Waals surface area contributed by atoms with E-state index in [1.807, 2.05) is 36.5 Å². The summed E-state index contributed by atoms with van der Waals surface area (Å²) in [6, 6.07) is 8.53. The van der Waals surface area contributed by atoms with E-state index < -0.39 is 0 Å². The Balaban J connectivity index is 1.66. The highest BCUT2D eigenvalue weighted by molar-refractivity contribution is 7.80. The van der Waals surface area contributed by atoms with Crippen molar-refractivity contribution in [1.82, 2.24) is 24.9 Å². The van der Waals surface area contributed by atoms with E-state index in [-0.39, 0.29) is 0 Å². The molecule has 3 aromatic rings. The minimum atomic E-state index is 0.583. The Morgan fingerprint density at radius 1 is 1.07 bits per heavy atom. The average Bonchev–Trinajstić information content (AvgIpc) is 3.09. The summed E-state index contributed by atoms with van der Waals surface area (Å²) < 4.78 is 3.87. The normalized spacial score (nSPS) is 10.9. The Morgan fingerprint density at radius 3 is 2.41 bits per heavy atom. The average molecular weight is 383 g/mol. The third-order valence-corrected chi connectivity index (χ3v) is 5.10. The first kappa shape index (κ1) is 19.1. The van der Waals surface area contributed by atoms with Crippen molar-refractivity contribution in [3.05, 3.63) is 64.2 Å². The molecule has 2 heterocycles. The second-order valence-corrected chi connectivity index (χ2v) is 7.28. The van der Waals surface area contributed by atoms with Crippen LogP contribution in [0.25, 0.3) is 0 Å². The number of benzene rings is 1. The summed E-state index contributed by atoms with van der Waals surface area (Å²) >= 11 is 5.47. The van der Waals surface area contributed by atoms with Gasteiger partial charge in [0, 0.05) is 24.8 Å². The molecule has 1 aromatic carbocycles.